The van der Waals surface area contributed by atoms with Crippen molar-refractivity contribution in [3.05, 3.63) is 144 Å². The molecule has 4 aromatic heterocycles. The van der Waals surface area contributed by atoms with E-state index in [1.54, 1.807) is 0 Å². The molecule has 1 aliphatic carbocycles. The van der Waals surface area contributed by atoms with E-state index in [9.17, 15) is 38.4 Å². The summed E-state index contributed by atoms with van der Waals surface area (Å²) in [6.07, 6.45) is 15.2. The minimum atomic E-state index is -0.668. The third-order valence-corrected chi connectivity index (χ3v) is 23.4. The predicted octanol–water partition coefficient (Wildman–Crippen LogP) is 14.5. The van der Waals surface area contributed by atoms with Crippen molar-refractivity contribution in [2.45, 2.75) is 237 Å². The van der Waals surface area contributed by atoms with Crippen LogP contribution in [0.15, 0.2) is 117 Å². The maximum Gasteiger partial charge on any atom is 0.224 e. The number of thiazole rings is 4. The van der Waals surface area contributed by atoms with Crippen molar-refractivity contribution in [1.29, 1.82) is 0 Å². The van der Waals surface area contributed by atoms with Crippen LogP contribution in [-0.2, 0) is 84.6 Å². The molecule has 6 unspecified atom stereocenters. The molecule has 28 nitrogen and oxygen atoms in total. The van der Waals surface area contributed by atoms with E-state index in [1.165, 1.54) is 71.0 Å². The maximum atomic E-state index is 13.3. The van der Waals surface area contributed by atoms with E-state index in [-0.39, 0.29) is 153 Å². The van der Waals surface area contributed by atoms with Crippen LogP contribution in [0.25, 0.3) is 40.9 Å². The number of nitrogens with zero attached hydrogens (tertiary/aromatic N) is 8. The molecule has 4 aromatic carbocycles. The van der Waals surface area contributed by atoms with Gasteiger partial charge in [0, 0.05) is 104 Å². The number of Topliss-reactive ketones (excluding diaryl/α,β-unsaturated/α-hetero) is 4. The average Bonchev–Trinajstić information content (AvgIpc) is 1.66. The molecule has 0 bridgehead atoms. The SMILES string of the molecule is CC(C)(C)C1CCCC1C(=O)NC(CCCN=C(N)N)C(=O)c1nc2ccccc2s1.CC(C)(C)CC(=O)NC(CCCN=C(N)N)C(=O)c1nc2ccccc2s1.CCC(C)(C)C.CCC(C)(C)C.[CH2-]CC[CH-]C(=O)NC(CCCN=C(N)N)C(=O)c1nc2ccccc2s1.[CH2-]CC[CH-]C(=O)NC(CCCN=C(N)N)C(=O)c1nc2ccccc2s1.[Y].[Y]. The Kier molecular flexibility index (Phi) is 51.5. The second-order valence-corrected chi connectivity index (χ2v) is 38.4. The number of carbonyl (C=O) groups is 8. The van der Waals surface area contributed by atoms with Crippen molar-refractivity contribution < 1.29 is 104 Å². The Hall–Kier alpha value is -7.97. The number of aliphatic imine (C=N–C) groups is 4. The van der Waals surface area contributed by atoms with Gasteiger partial charge in [0.1, 0.15) is 0 Å². The zero-order chi connectivity index (χ0) is 90.9. The first-order valence-electron chi connectivity index (χ1n) is 41.7. The third-order valence-electron chi connectivity index (χ3n) is 19.2. The minimum Gasteiger partial charge on any atom is -0.371 e. The fourth-order valence-corrected chi connectivity index (χ4v) is 15.7. The molecule has 6 atom stereocenters. The largest absolute Gasteiger partial charge is 0.371 e. The molecule has 0 spiro atoms. The van der Waals surface area contributed by atoms with Crippen LogP contribution >= 0.6 is 45.3 Å². The van der Waals surface area contributed by atoms with Crippen molar-refractivity contribution >= 4 is 157 Å². The smallest absolute Gasteiger partial charge is 0.224 e. The molecule has 8 aromatic rings. The zero-order valence-electron chi connectivity index (χ0n) is 75.1. The number of nitrogens with two attached hydrogens (primary N) is 8. The van der Waals surface area contributed by atoms with Crippen LogP contribution in [0.3, 0.4) is 0 Å². The summed E-state index contributed by atoms with van der Waals surface area (Å²) in [7, 11) is 0. The number of para-hydroxylation sites is 4. The van der Waals surface area contributed by atoms with Gasteiger partial charge in [0.25, 0.3) is 0 Å². The number of benzene rings is 4. The molecular weight excluding hydrogens is 1800 g/mol. The van der Waals surface area contributed by atoms with E-state index in [0.29, 0.717) is 146 Å². The maximum absolute atomic E-state index is 13.3. The quantitative estimate of drug-likeness (QED) is 0.00570. The van der Waals surface area contributed by atoms with Crippen molar-refractivity contribution in [3.8, 4) is 0 Å². The fourth-order valence-electron chi connectivity index (χ4n) is 11.8. The van der Waals surface area contributed by atoms with Crippen molar-refractivity contribution in [2.75, 3.05) is 26.2 Å². The van der Waals surface area contributed by atoms with Crippen LogP contribution in [-0.4, -0.2) is 141 Å². The van der Waals surface area contributed by atoms with Crippen LogP contribution in [0.4, 0.5) is 0 Å². The first-order chi connectivity index (χ1) is 57.5. The van der Waals surface area contributed by atoms with Crippen molar-refractivity contribution in [2.24, 2.45) is 99.3 Å². The van der Waals surface area contributed by atoms with E-state index in [2.05, 4.69) is 151 Å². The summed E-state index contributed by atoms with van der Waals surface area (Å²) in [5.74, 6) is -1.17. The first-order valence-corrected chi connectivity index (χ1v) is 45.0. The van der Waals surface area contributed by atoms with Gasteiger partial charge in [0.05, 0.1) is 76.8 Å². The van der Waals surface area contributed by atoms with Gasteiger partial charge in [0.15, 0.2) is 43.9 Å². The van der Waals surface area contributed by atoms with Gasteiger partial charge in [-0.25, -0.2) is 32.8 Å². The average molecular weight is 1930 g/mol. The molecule has 0 aliphatic heterocycles. The number of nitrogens with one attached hydrogen (secondary N) is 4. The summed E-state index contributed by atoms with van der Waals surface area (Å²) in [4.78, 5) is 135. The molecule has 2 radical (unpaired) electrons. The Morgan fingerprint density at radius 1 is 0.419 bits per heavy atom. The van der Waals surface area contributed by atoms with Gasteiger partial charge in [-0.3, -0.25) is 48.7 Å². The fraction of sp³-hybridized carbons (Fsp3) is 0.511. The van der Waals surface area contributed by atoms with E-state index < -0.39 is 24.2 Å². The number of carbonyl (C=O) groups excluding carboxylic acids is 8. The number of fused-ring (bicyclic) bond motifs is 4. The van der Waals surface area contributed by atoms with Gasteiger partial charge in [-0.1, -0.05) is 165 Å². The Bertz CT molecular complexity index is 4470. The summed E-state index contributed by atoms with van der Waals surface area (Å²) in [6, 6.07) is 27.7. The molecule has 1 fully saturated rings. The third kappa shape index (κ3) is 43.5. The molecule has 1 saturated carbocycles. The number of ketones is 4. The number of rotatable bonds is 36. The molecule has 9 rings (SSSR count). The van der Waals surface area contributed by atoms with E-state index in [4.69, 9.17) is 45.9 Å². The summed E-state index contributed by atoms with van der Waals surface area (Å²) >= 11 is 5.35. The van der Waals surface area contributed by atoms with Gasteiger partial charge < -0.3 is 103 Å². The summed E-state index contributed by atoms with van der Waals surface area (Å²) in [6.45, 7) is 39.4. The normalized spacial score (nSPS) is 13.8. The summed E-state index contributed by atoms with van der Waals surface area (Å²) in [5, 5.41) is 13.1. The Morgan fingerprint density at radius 3 is 0.927 bits per heavy atom. The van der Waals surface area contributed by atoms with Crippen LogP contribution in [0.5, 0.6) is 0 Å². The van der Waals surface area contributed by atoms with Gasteiger partial charge >= 0.3 is 0 Å². The molecule has 676 valence electrons. The number of hydrogen-bond acceptors (Lipinski definition) is 20. The number of hydrogen-bond donors (Lipinski definition) is 12. The molecule has 0 saturated heterocycles. The van der Waals surface area contributed by atoms with Crippen LogP contribution in [0.2, 0.25) is 0 Å². The molecule has 34 heteroatoms. The Labute approximate surface area is 800 Å². The molecule has 20 N–H and O–H groups in total. The molecular formula is C90H134N20O8S4Y2-4. The predicted molar refractivity (Wildman–Crippen MR) is 505 cm³/mol. The molecule has 4 heterocycles. The van der Waals surface area contributed by atoms with E-state index >= 15 is 0 Å². The second kappa shape index (κ2) is 57.0. The van der Waals surface area contributed by atoms with Gasteiger partial charge in [-0.05, 0) is 140 Å². The molecule has 124 heavy (non-hydrogen) atoms. The van der Waals surface area contributed by atoms with Gasteiger partial charge in [-0.15, -0.1) is 45.3 Å². The number of amides is 4. The molecule has 4 amide bonds. The Morgan fingerprint density at radius 2 is 0.685 bits per heavy atom. The van der Waals surface area contributed by atoms with Crippen molar-refractivity contribution in [1.82, 2.24) is 41.2 Å². The standard InChI is InChI=1S/C23H33N5O2S.C19H27N5O2S.2C18H23N5O2S.2C6H14.2Y/c1-23(2,3)15-9-6-8-14(15)20(30)27-17(11-7-13-26-22(24)25)19(29)21-28-16-10-4-5-12-18(16)31-21;1-19(2,3)11-15(25)23-13(8-6-10-22-18(20)21)16(26)17-24-12-7-4-5-9-14(12)27-17;2*1-2-3-10-15(24)22-13(8-6-11-21-18(19)20)16(25)17-23-12-7-4-5-9-14(12)26-17;2*1-5-6(2,3)4;;/h4-5,10,12,14-15,17H,6-9,11,13H2,1-3H3,(H,27,30)(H4,24,25,26);4-5,7,9,13H,6,8,10-11H2,1-3H3,(H,23,25)(H4,20,21,22);2*4-5,7,9-10,13H,1-3,6,8,11H2,(H,22,24)(H4,19,20,21);2*5H2,1-4H3;;/q;;2*-2;;;;. The zero-order valence-corrected chi connectivity index (χ0v) is 84.0. The first kappa shape index (κ1) is 112. The van der Waals surface area contributed by atoms with E-state index in [0.717, 1.165) is 60.1 Å². The topological polar surface area (TPSA) is 494 Å². The summed E-state index contributed by atoms with van der Waals surface area (Å²) in [5.41, 5.74) is 46.8. The van der Waals surface area contributed by atoms with Crippen molar-refractivity contribution in [3.63, 3.8) is 0 Å². The monoisotopic (exact) mass is 1930 g/mol. The van der Waals surface area contributed by atoms with Crippen LogP contribution in [0.1, 0.15) is 252 Å². The van der Waals surface area contributed by atoms with Crippen LogP contribution < -0.4 is 67.1 Å². The van der Waals surface area contributed by atoms with E-state index in [1.807, 2.05) is 118 Å². The van der Waals surface area contributed by atoms with Crippen LogP contribution in [0, 0.1) is 60.2 Å². The second-order valence-electron chi connectivity index (χ2n) is 34.3. The molecule has 1 aliphatic rings. The number of aromatic nitrogens is 4. The Balaban J connectivity index is 0.000000533. The summed E-state index contributed by atoms with van der Waals surface area (Å²) < 4.78 is 3.77. The van der Waals surface area contributed by atoms with Gasteiger partial charge in [-0.2, -0.15) is 12.8 Å². The van der Waals surface area contributed by atoms with Gasteiger partial charge in [0.2, 0.25) is 34.9 Å². The number of unbranched alkanes of at least 4 members (excludes halogenated alkanes) is 2. The number of guanidine groups is 4. The minimum absolute atomic E-state index is 0.